The van der Waals surface area contributed by atoms with E-state index in [1.807, 2.05) is 6.92 Å². The zero-order chi connectivity index (χ0) is 9.56. The summed E-state index contributed by atoms with van der Waals surface area (Å²) in [5.41, 5.74) is 0. The second kappa shape index (κ2) is 5.99. The molecule has 0 spiro atoms. The second-order valence-electron chi connectivity index (χ2n) is 2.32. The molecule has 0 radical (unpaired) electrons. The first kappa shape index (κ1) is 11.4. The van der Waals surface area contributed by atoms with Gasteiger partial charge in [-0.25, -0.2) is 0 Å². The molecule has 2 amide bonds. The highest BCUT2D eigenvalue weighted by atomic mass is 79.9. The third-order valence-corrected chi connectivity index (χ3v) is 1.75. The number of carbonyl (C=O) groups excluding carboxylic acids is 2. The van der Waals surface area contributed by atoms with Crippen molar-refractivity contribution in [3.8, 4) is 0 Å². The number of likely N-dealkylation sites (N-methyl/N-ethyl adjacent to an activating group) is 1. The van der Waals surface area contributed by atoms with E-state index in [1.165, 1.54) is 0 Å². The SMILES string of the molecule is CCNC(=O)C(C)NC(=O)CBr. The molecule has 0 aliphatic heterocycles. The molecule has 5 heteroatoms. The molecule has 1 unspecified atom stereocenters. The third-order valence-electron chi connectivity index (χ3n) is 1.24. The van der Waals surface area contributed by atoms with E-state index in [0.717, 1.165) is 0 Å². The van der Waals surface area contributed by atoms with E-state index in [9.17, 15) is 9.59 Å². The van der Waals surface area contributed by atoms with E-state index >= 15 is 0 Å². The van der Waals surface area contributed by atoms with Crippen LogP contribution in [0, 0.1) is 0 Å². The molecule has 0 fully saturated rings. The normalized spacial score (nSPS) is 11.9. The van der Waals surface area contributed by atoms with Crippen LogP contribution in [-0.4, -0.2) is 29.7 Å². The molecule has 0 heterocycles. The number of halogens is 1. The van der Waals surface area contributed by atoms with Crippen molar-refractivity contribution in [2.24, 2.45) is 0 Å². The van der Waals surface area contributed by atoms with E-state index in [4.69, 9.17) is 0 Å². The molecule has 1 atom stereocenters. The maximum Gasteiger partial charge on any atom is 0.242 e. The van der Waals surface area contributed by atoms with Crippen LogP contribution < -0.4 is 10.6 Å². The van der Waals surface area contributed by atoms with Crippen molar-refractivity contribution >= 4 is 27.7 Å². The topological polar surface area (TPSA) is 58.2 Å². The Morgan fingerprint density at radius 2 is 2.08 bits per heavy atom. The van der Waals surface area contributed by atoms with Gasteiger partial charge < -0.3 is 10.6 Å². The molecule has 0 aromatic rings. The average molecular weight is 237 g/mol. The maximum atomic E-state index is 11.1. The third kappa shape index (κ3) is 4.33. The zero-order valence-electron chi connectivity index (χ0n) is 7.19. The summed E-state index contributed by atoms with van der Waals surface area (Å²) in [5.74, 6) is -0.347. The molecule has 12 heavy (non-hydrogen) atoms. The van der Waals surface area contributed by atoms with Gasteiger partial charge in [0.25, 0.3) is 0 Å². The van der Waals surface area contributed by atoms with Crippen LogP contribution in [0.25, 0.3) is 0 Å². The monoisotopic (exact) mass is 236 g/mol. The van der Waals surface area contributed by atoms with Gasteiger partial charge in [-0.2, -0.15) is 0 Å². The lowest BCUT2D eigenvalue weighted by Gasteiger charge is -2.11. The van der Waals surface area contributed by atoms with Gasteiger partial charge in [0.2, 0.25) is 11.8 Å². The molecular weight excluding hydrogens is 224 g/mol. The predicted molar refractivity (Wildman–Crippen MR) is 50.1 cm³/mol. The van der Waals surface area contributed by atoms with Gasteiger partial charge in [0, 0.05) is 6.54 Å². The highest BCUT2D eigenvalue weighted by Gasteiger charge is 2.12. The largest absolute Gasteiger partial charge is 0.355 e. The molecule has 0 aliphatic carbocycles. The van der Waals surface area contributed by atoms with Crippen molar-refractivity contribution < 1.29 is 9.59 Å². The lowest BCUT2D eigenvalue weighted by atomic mass is 10.3. The van der Waals surface area contributed by atoms with Crippen LogP contribution in [0.4, 0.5) is 0 Å². The molecule has 0 aliphatic rings. The van der Waals surface area contributed by atoms with Gasteiger partial charge in [-0.3, -0.25) is 9.59 Å². The molecular formula is C7H13BrN2O2. The van der Waals surface area contributed by atoms with Crippen LogP contribution in [0.1, 0.15) is 13.8 Å². The number of hydrogen-bond acceptors (Lipinski definition) is 2. The van der Waals surface area contributed by atoms with Crippen molar-refractivity contribution in [2.45, 2.75) is 19.9 Å². The smallest absolute Gasteiger partial charge is 0.242 e. The minimum absolute atomic E-state index is 0.160. The fourth-order valence-corrected chi connectivity index (χ4v) is 0.835. The first-order valence-electron chi connectivity index (χ1n) is 3.74. The van der Waals surface area contributed by atoms with Crippen LogP contribution in [-0.2, 0) is 9.59 Å². The number of carbonyl (C=O) groups is 2. The van der Waals surface area contributed by atoms with Crippen LogP contribution >= 0.6 is 15.9 Å². The summed E-state index contributed by atoms with van der Waals surface area (Å²) >= 11 is 2.99. The summed E-state index contributed by atoms with van der Waals surface area (Å²) in [6, 6.07) is -0.463. The highest BCUT2D eigenvalue weighted by Crippen LogP contribution is 1.84. The molecule has 70 valence electrons. The van der Waals surface area contributed by atoms with Crippen LogP contribution in [0.2, 0.25) is 0 Å². The summed E-state index contributed by atoms with van der Waals surface area (Å²) in [7, 11) is 0. The van der Waals surface area contributed by atoms with E-state index < -0.39 is 6.04 Å². The van der Waals surface area contributed by atoms with Crippen LogP contribution in [0.5, 0.6) is 0 Å². The maximum absolute atomic E-state index is 11.1. The van der Waals surface area contributed by atoms with Crippen molar-refractivity contribution in [3.05, 3.63) is 0 Å². The molecule has 4 nitrogen and oxygen atoms in total. The highest BCUT2D eigenvalue weighted by molar-refractivity contribution is 9.09. The number of amides is 2. The molecule has 0 bridgehead atoms. The van der Waals surface area contributed by atoms with E-state index in [2.05, 4.69) is 26.6 Å². The molecule has 0 saturated heterocycles. The Kier molecular flexibility index (Phi) is 5.70. The first-order chi connectivity index (χ1) is 5.61. The van der Waals surface area contributed by atoms with E-state index in [1.54, 1.807) is 6.92 Å². The molecule has 0 saturated carbocycles. The summed E-state index contributed by atoms with van der Waals surface area (Å²) in [6.07, 6.45) is 0. The number of nitrogens with one attached hydrogen (secondary N) is 2. The van der Waals surface area contributed by atoms with Crippen LogP contribution in [0.3, 0.4) is 0 Å². The van der Waals surface area contributed by atoms with Crippen LogP contribution in [0.15, 0.2) is 0 Å². The lowest BCUT2D eigenvalue weighted by molar-refractivity contribution is -0.127. The molecule has 0 aromatic carbocycles. The van der Waals surface area contributed by atoms with Gasteiger partial charge in [-0.15, -0.1) is 0 Å². The van der Waals surface area contributed by atoms with E-state index in [-0.39, 0.29) is 17.1 Å². The molecule has 2 N–H and O–H groups in total. The number of alkyl halides is 1. The molecule has 0 rings (SSSR count). The van der Waals surface area contributed by atoms with Crippen molar-refractivity contribution in [1.82, 2.24) is 10.6 Å². The van der Waals surface area contributed by atoms with Crippen molar-refractivity contribution in [2.75, 3.05) is 11.9 Å². The Labute approximate surface area is 80.2 Å². The Balaban J connectivity index is 3.78. The zero-order valence-corrected chi connectivity index (χ0v) is 8.77. The Hall–Kier alpha value is -0.580. The minimum atomic E-state index is -0.463. The van der Waals surface area contributed by atoms with Gasteiger partial charge in [0.15, 0.2) is 0 Å². The Bertz CT molecular complexity index is 173. The summed E-state index contributed by atoms with van der Waals surface area (Å²) in [6.45, 7) is 4.05. The van der Waals surface area contributed by atoms with Crippen molar-refractivity contribution in [1.29, 1.82) is 0 Å². The second-order valence-corrected chi connectivity index (χ2v) is 2.88. The standard InChI is InChI=1S/C7H13BrN2O2/c1-3-9-7(12)5(2)10-6(11)4-8/h5H,3-4H2,1-2H3,(H,9,12)(H,10,11). The van der Waals surface area contributed by atoms with Gasteiger partial charge in [0.05, 0.1) is 5.33 Å². The Morgan fingerprint density at radius 3 is 2.50 bits per heavy atom. The van der Waals surface area contributed by atoms with Gasteiger partial charge in [-0.05, 0) is 13.8 Å². The minimum Gasteiger partial charge on any atom is -0.355 e. The molecule has 0 aromatic heterocycles. The number of hydrogen-bond donors (Lipinski definition) is 2. The average Bonchev–Trinajstić information content (AvgIpc) is 2.04. The van der Waals surface area contributed by atoms with Gasteiger partial charge in [0.1, 0.15) is 6.04 Å². The number of rotatable bonds is 4. The first-order valence-corrected chi connectivity index (χ1v) is 4.87. The van der Waals surface area contributed by atoms with Gasteiger partial charge in [-0.1, -0.05) is 15.9 Å². The fourth-order valence-electron chi connectivity index (χ4n) is 0.673. The summed E-state index contributed by atoms with van der Waals surface area (Å²) < 4.78 is 0. The van der Waals surface area contributed by atoms with E-state index in [0.29, 0.717) is 6.54 Å². The van der Waals surface area contributed by atoms with Crippen molar-refractivity contribution in [3.63, 3.8) is 0 Å². The van der Waals surface area contributed by atoms with Gasteiger partial charge >= 0.3 is 0 Å². The predicted octanol–water partition coefficient (Wildman–Crippen LogP) is 0.0221. The summed E-state index contributed by atoms with van der Waals surface area (Å²) in [5, 5.41) is 5.34. The quantitative estimate of drug-likeness (QED) is 0.677. The fraction of sp³-hybridized carbons (Fsp3) is 0.714. The Morgan fingerprint density at radius 1 is 1.50 bits per heavy atom. The lowest BCUT2D eigenvalue weighted by Crippen LogP contribution is -2.45. The summed E-state index contributed by atoms with van der Waals surface area (Å²) in [4.78, 5) is 21.8.